The molecular formula is C25H29N3O2S. The number of carbonyl (C=O) groups excluding carboxylic acids is 1. The predicted molar refractivity (Wildman–Crippen MR) is 130 cm³/mol. The van der Waals surface area contributed by atoms with E-state index in [1.54, 1.807) is 0 Å². The van der Waals surface area contributed by atoms with E-state index in [0.29, 0.717) is 4.91 Å². The number of hydrogen-bond donors (Lipinski definition) is 0. The fraction of sp³-hybridized carbons (Fsp3) is 0.360. The number of amidine groups is 1. The number of piperazine rings is 1. The van der Waals surface area contributed by atoms with E-state index >= 15 is 0 Å². The molecule has 6 heteroatoms. The summed E-state index contributed by atoms with van der Waals surface area (Å²) in [6.45, 7) is 8.62. The van der Waals surface area contributed by atoms with Gasteiger partial charge < -0.3 is 14.5 Å². The Balaban J connectivity index is 1.34. The van der Waals surface area contributed by atoms with Gasteiger partial charge in [0.15, 0.2) is 5.17 Å². The topological polar surface area (TPSA) is 45.1 Å². The lowest BCUT2D eigenvalue weighted by Crippen LogP contribution is -2.48. The van der Waals surface area contributed by atoms with Gasteiger partial charge in [-0.25, -0.2) is 0 Å². The summed E-state index contributed by atoms with van der Waals surface area (Å²) in [5.74, 6) is 0.717. The van der Waals surface area contributed by atoms with Crippen LogP contribution in [0.5, 0.6) is 5.75 Å². The van der Waals surface area contributed by atoms with Gasteiger partial charge >= 0.3 is 0 Å². The summed E-state index contributed by atoms with van der Waals surface area (Å²) >= 11 is 1.48. The van der Waals surface area contributed by atoms with Crippen LogP contribution < -0.4 is 9.64 Å². The van der Waals surface area contributed by atoms with Gasteiger partial charge in [-0.15, -0.1) is 0 Å². The second-order valence-corrected chi connectivity index (χ2v) is 8.85. The van der Waals surface area contributed by atoms with Crippen molar-refractivity contribution >= 4 is 34.6 Å². The number of para-hydroxylation sites is 1. The summed E-state index contributed by atoms with van der Waals surface area (Å²) in [4.78, 5) is 22.1. The van der Waals surface area contributed by atoms with Gasteiger partial charge in [-0.1, -0.05) is 43.7 Å². The Morgan fingerprint density at radius 3 is 2.45 bits per heavy atom. The summed E-state index contributed by atoms with van der Waals surface area (Å²) in [5, 5.41) is 0.820. The minimum absolute atomic E-state index is 0.149. The third kappa shape index (κ3) is 5.31. The van der Waals surface area contributed by atoms with Crippen LogP contribution in [0.15, 0.2) is 58.4 Å². The molecule has 0 atom stereocenters. The molecule has 0 aliphatic carbocycles. The van der Waals surface area contributed by atoms with Gasteiger partial charge in [0.2, 0.25) is 0 Å². The second kappa shape index (κ2) is 10.1. The standard InChI is InChI=1S/C25H29N3O2S/c1-3-4-17-30-21-11-9-20(10-12-21)18-23-24(29)26-25(31-23)28-15-13-27(14-16-28)22-8-6-5-7-19(22)2/h5-12,18H,3-4,13-17H2,1-2H3/b23-18-. The first kappa shape index (κ1) is 21.5. The largest absolute Gasteiger partial charge is 0.494 e. The van der Waals surface area contributed by atoms with E-state index in [0.717, 1.165) is 62.1 Å². The zero-order valence-corrected chi connectivity index (χ0v) is 19.0. The van der Waals surface area contributed by atoms with Crippen molar-refractivity contribution in [3.05, 3.63) is 64.6 Å². The van der Waals surface area contributed by atoms with Gasteiger partial charge in [0.25, 0.3) is 5.91 Å². The van der Waals surface area contributed by atoms with Gasteiger partial charge in [-0.2, -0.15) is 4.99 Å². The Morgan fingerprint density at radius 2 is 1.74 bits per heavy atom. The van der Waals surface area contributed by atoms with E-state index in [9.17, 15) is 4.79 Å². The van der Waals surface area contributed by atoms with Crippen LogP contribution >= 0.6 is 11.8 Å². The highest BCUT2D eigenvalue weighted by Crippen LogP contribution is 2.31. The van der Waals surface area contributed by atoms with Crippen molar-refractivity contribution in [1.29, 1.82) is 0 Å². The number of thioether (sulfide) groups is 1. The maximum Gasteiger partial charge on any atom is 0.286 e. The molecule has 0 spiro atoms. The van der Waals surface area contributed by atoms with Gasteiger partial charge in [0.1, 0.15) is 5.75 Å². The second-order valence-electron chi connectivity index (χ2n) is 7.84. The number of anilines is 1. The first-order valence-corrected chi connectivity index (χ1v) is 11.8. The smallest absolute Gasteiger partial charge is 0.286 e. The molecule has 0 unspecified atom stereocenters. The quantitative estimate of drug-likeness (QED) is 0.474. The van der Waals surface area contributed by atoms with E-state index in [2.05, 4.69) is 52.9 Å². The Kier molecular flexibility index (Phi) is 6.97. The lowest BCUT2D eigenvalue weighted by molar-refractivity contribution is -0.113. The molecule has 31 heavy (non-hydrogen) atoms. The molecule has 5 nitrogen and oxygen atoms in total. The number of rotatable bonds is 6. The predicted octanol–water partition coefficient (Wildman–Crippen LogP) is 4.97. The zero-order valence-electron chi connectivity index (χ0n) is 18.2. The summed E-state index contributed by atoms with van der Waals surface area (Å²) in [6, 6.07) is 16.4. The van der Waals surface area contributed by atoms with Gasteiger partial charge in [-0.05, 0) is 60.5 Å². The lowest BCUT2D eigenvalue weighted by atomic mass is 10.1. The Labute approximate surface area is 188 Å². The maximum absolute atomic E-state index is 12.5. The number of carbonyl (C=O) groups is 1. The van der Waals surface area contributed by atoms with Crippen LogP contribution in [0.2, 0.25) is 0 Å². The van der Waals surface area contributed by atoms with Crippen LogP contribution in [0.25, 0.3) is 6.08 Å². The molecule has 0 N–H and O–H groups in total. The number of amides is 1. The Morgan fingerprint density at radius 1 is 1.03 bits per heavy atom. The number of nitrogens with zero attached hydrogens (tertiary/aromatic N) is 3. The van der Waals surface area contributed by atoms with Crippen molar-refractivity contribution in [2.75, 3.05) is 37.7 Å². The number of aliphatic imine (C=N–C) groups is 1. The molecule has 2 aromatic carbocycles. The van der Waals surface area contributed by atoms with Crippen LogP contribution in [-0.4, -0.2) is 48.8 Å². The highest BCUT2D eigenvalue weighted by molar-refractivity contribution is 8.18. The fourth-order valence-corrected chi connectivity index (χ4v) is 4.70. The van der Waals surface area contributed by atoms with Crippen molar-refractivity contribution in [2.24, 2.45) is 4.99 Å². The van der Waals surface area contributed by atoms with Crippen LogP contribution in [0.1, 0.15) is 30.9 Å². The summed E-state index contributed by atoms with van der Waals surface area (Å²) in [7, 11) is 0. The van der Waals surface area contributed by atoms with Crippen molar-refractivity contribution in [2.45, 2.75) is 26.7 Å². The van der Waals surface area contributed by atoms with Crippen molar-refractivity contribution < 1.29 is 9.53 Å². The monoisotopic (exact) mass is 435 g/mol. The highest BCUT2D eigenvalue weighted by Gasteiger charge is 2.28. The van der Waals surface area contributed by atoms with E-state index in [4.69, 9.17) is 4.74 Å². The molecule has 0 radical (unpaired) electrons. The number of unbranched alkanes of at least 4 members (excludes halogenated alkanes) is 1. The molecule has 2 aliphatic heterocycles. The molecule has 2 aliphatic rings. The number of aryl methyl sites for hydroxylation is 1. The van der Waals surface area contributed by atoms with E-state index in [-0.39, 0.29) is 5.91 Å². The molecule has 0 aromatic heterocycles. The maximum atomic E-state index is 12.5. The summed E-state index contributed by atoms with van der Waals surface area (Å²) in [6.07, 6.45) is 4.09. The van der Waals surface area contributed by atoms with E-state index < -0.39 is 0 Å². The first-order valence-electron chi connectivity index (χ1n) is 10.9. The Bertz CT molecular complexity index is 977. The third-order valence-electron chi connectivity index (χ3n) is 5.56. The highest BCUT2D eigenvalue weighted by atomic mass is 32.2. The third-order valence-corrected chi connectivity index (χ3v) is 6.60. The average Bonchev–Trinajstić information content (AvgIpc) is 3.16. The molecule has 1 saturated heterocycles. The van der Waals surface area contributed by atoms with Crippen LogP contribution in [-0.2, 0) is 4.79 Å². The molecule has 2 aromatic rings. The summed E-state index contributed by atoms with van der Waals surface area (Å²) in [5.41, 5.74) is 3.58. The van der Waals surface area contributed by atoms with Gasteiger partial charge in [0.05, 0.1) is 11.5 Å². The molecule has 0 bridgehead atoms. The number of benzene rings is 2. The Hall–Kier alpha value is -2.73. The van der Waals surface area contributed by atoms with Gasteiger partial charge in [0, 0.05) is 31.9 Å². The molecule has 1 fully saturated rings. The normalized spacial score (nSPS) is 17.9. The van der Waals surface area contributed by atoms with Crippen molar-refractivity contribution in [3.63, 3.8) is 0 Å². The summed E-state index contributed by atoms with van der Waals surface area (Å²) < 4.78 is 5.71. The van der Waals surface area contributed by atoms with Crippen LogP contribution in [0, 0.1) is 6.92 Å². The molecule has 1 amide bonds. The fourth-order valence-electron chi connectivity index (χ4n) is 3.74. The van der Waals surface area contributed by atoms with Crippen LogP contribution in [0.4, 0.5) is 5.69 Å². The minimum Gasteiger partial charge on any atom is -0.494 e. The molecule has 162 valence electrons. The van der Waals surface area contributed by atoms with E-state index in [1.165, 1.54) is 23.0 Å². The van der Waals surface area contributed by atoms with Crippen molar-refractivity contribution in [1.82, 2.24) is 4.90 Å². The molecular weight excluding hydrogens is 406 g/mol. The average molecular weight is 436 g/mol. The van der Waals surface area contributed by atoms with Crippen LogP contribution in [0.3, 0.4) is 0 Å². The molecule has 4 rings (SSSR count). The minimum atomic E-state index is -0.149. The van der Waals surface area contributed by atoms with Gasteiger partial charge in [-0.3, -0.25) is 4.79 Å². The van der Waals surface area contributed by atoms with E-state index in [1.807, 2.05) is 30.3 Å². The first-order chi connectivity index (χ1) is 15.1. The number of ether oxygens (including phenoxy) is 1. The SMILES string of the molecule is CCCCOc1ccc(/C=C2\SC(N3CCN(c4ccccc4C)CC3)=NC2=O)cc1. The number of hydrogen-bond acceptors (Lipinski definition) is 5. The molecule has 2 heterocycles. The molecule has 0 saturated carbocycles. The van der Waals surface area contributed by atoms with Crippen molar-refractivity contribution in [3.8, 4) is 5.75 Å². The zero-order chi connectivity index (χ0) is 21.6. The lowest BCUT2D eigenvalue weighted by Gasteiger charge is -2.37.